The fourth-order valence-electron chi connectivity index (χ4n) is 3.29. The third-order valence-corrected chi connectivity index (χ3v) is 5.67. The minimum absolute atomic E-state index is 0. The fourth-order valence-corrected chi connectivity index (χ4v) is 4.14. The van der Waals surface area contributed by atoms with Crippen molar-refractivity contribution in [3.8, 4) is 0 Å². The summed E-state index contributed by atoms with van der Waals surface area (Å²) >= 11 is 1.26. The first-order valence-electron chi connectivity index (χ1n) is 9.13. The average Bonchev–Trinajstić information content (AvgIpc) is 3.13. The van der Waals surface area contributed by atoms with Crippen molar-refractivity contribution in [3.63, 3.8) is 0 Å². The number of alkyl halides is 3. The van der Waals surface area contributed by atoms with Crippen LogP contribution in [0.4, 0.5) is 18.3 Å². The van der Waals surface area contributed by atoms with Gasteiger partial charge in [0, 0.05) is 29.6 Å². The van der Waals surface area contributed by atoms with Crippen molar-refractivity contribution in [2.24, 2.45) is 0 Å². The Bertz CT molecular complexity index is 1050. The number of halogens is 4. The number of benzene rings is 2. The van der Waals surface area contributed by atoms with Gasteiger partial charge in [-0.1, -0.05) is 24.3 Å². The molecule has 0 aliphatic carbocycles. The van der Waals surface area contributed by atoms with Crippen molar-refractivity contribution in [2.75, 3.05) is 11.9 Å². The van der Waals surface area contributed by atoms with Crippen LogP contribution in [0.25, 0.3) is 0 Å². The maximum absolute atomic E-state index is 12.9. The Morgan fingerprint density at radius 3 is 2.80 bits per heavy atom. The molecule has 0 atom stereocenters. The Kier molecular flexibility index (Phi) is 6.80. The van der Waals surface area contributed by atoms with Gasteiger partial charge in [-0.05, 0) is 47.9 Å². The molecule has 1 aliphatic rings. The molecule has 2 N–H and O–H groups in total. The summed E-state index contributed by atoms with van der Waals surface area (Å²) < 4.78 is 38.6. The molecule has 30 heavy (non-hydrogen) atoms. The second-order valence-electron chi connectivity index (χ2n) is 6.87. The molecule has 9 heteroatoms. The molecule has 158 valence electrons. The first kappa shape index (κ1) is 22.3. The molecule has 0 radical (unpaired) electrons. The Morgan fingerprint density at radius 2 is 2.00 bits per heavy atom. The Morgan fingerprint density at radius 1 is 1.17 bits per heavy atom. The van der Waals surface area contributed by atoms with E-state index < -0.39 is 11.7 Å². The molecule has 1 amide bonds. The van der Waals surface area contributed by atoms with E-state index >= 15 is 0 Å². The monoisotopic (exact) mass is 453 g/mol. The zero-order valence-corrected chi connectivity index (χ0v) is 17.4. The van der Waals surface area contributed by atoms with Crippen molar-refractivity contribution in [3.05, 3.63) is 81.4 Å². The van der Waals surface area contributed by atoms with Gasteiger partial charge in [0.05, 0.1) is 5.56 Å². The van der Waals surface area contributed by atoms with E-state index in [0.29, 0.717) is 22.7 Å². The third kappa shape index (κ3) is 5.19. The van der Waals surface area contributed by atoms with Crippen LogP contribution in [0.1, 0.15) is 37.5 Å². The van der Waals surface area contributed by atoms with Crippen LogP contribution in [-0.4, -0.2) is 17.4 Å². The Labute approximate surface area is 182 Å². The van der Waals surface area contributed by atoms with Crippen molar-refractivity contribution < 1.29 is 18.0 Å². The van der Waals surface area contributed by atoms with E-state index in [1.165, 1.54) is 28.5 Å². The highest BCUT2D eigenvalue weighted by atomic mass is 35.5. The van der Waals surface area contributed by atoms with Gasteiger partial charge >= 0.3 is 6.18 Å². The molecule has 0 spiro atoms. The van der Waals surface area contributed by atoms with Crippen LogP contribution in [0.15, 0.2) is 48.7 Å². The summed E-state index contributed by atoms with van der Waals surface area (Å²) in [6.45, 7) is 1.70. The number of fused-ring (bicyclic) bond motifs is 1. The summed E-state index contributed by atoms with van der Waals surface area (Å²) in [5.41, 5.74) is 2.81. The van der Waals surface area contributed by atoms with Crippen LogP contribution in [0.5, 0.6) is 0 Å². The van der Waals surface area contributed by atoms with Crippen LogP contribution in [0.3, 0.4) is 0 Å². The summed E-state index contributed by atoms with van der Waals surface area (Å²) in [6, 6.07) is 10.9. The second kappa shape index (κ2) is 9.16. The Hall–Kier alpha value is -2.42. The molecule has 4 nitrogen and oxygen atoms in total. The first-order chi connectivity index (χ1) is 13.9. The van der Waals surface area contributed by atoms with Gasteiger partial charge in [0.15, 0.2) is 5.13 Å². The van der Waals surface area contributed by atoms with Gasteiger partial charge in [0.1, 0.15) is 0 Å². The van der Waals surface area contributed by atoms with Crippen LogP contribution in [0, 0.1) is 0 Å². The van der Waals surface area contributed by atoms with E-state index in [1.54, 1.807) is 18.3 Å². The zero-order valence-electron chi connectivity index (χ0n) is 15.8. The lowest BCUT2D eigenvalue weighted by atomic mass is 9.98. The second-order valence-corrected chi connectivity index (χ2v) is 7.99. The molecular formula is C21H19ClF3N3OS. The summed E-state index contributed by atoms with van der Waals surface area (Å²) in [6.07, 6.45) is -1.58. The van der Waals surface area contributed by atoms with Gasteiger partial charge in [-0.15, -0.1) is 23.7 Å². The summed E-state index contributed by atoms with van der Waals surface area (Å²) in [4.78, 5) is 17.5. The number of rotatable bonds is 4. The SMILES string of the molecule is Cl.O=C(Nc1ncc(Cc2cccc(C(F)(F)F)c2)s1)c1ccc2c(c1)CCNC2. The molecule has 0 fully saturated rings. The lowest BCUT2D eigenvalue weighted by molar-refractivity contribution is -0.137. The molecule has 0 bridgehead atoms. The highest BCUT2D eigenvalue weighted by Crippen LogP contribution is 2.30. The number of hydrogen-bond acceptors (Lipinski definition) is 4. The highest BCUT2D eigenvalue weighted by Gasteiger charge is 2.30. The normalized spacial score (nSPS) is 13.3. The minimum atomic E-state index is -4.37. The fraction of sp³-hybridized carbons (Fsp3) is 0.238. The quantitative estimate of drug-likeness (QED) is 0.579. The molecule has 4 rings (SSSR count). The topological polar surface area (TPSA) is 54.0 Å². The highest BCUT2D eigenvalue weighted by molar-refractivity contribution is 7.15. The van der Waals surface area contributed by atoms with E-state index in [1.807, 2.05) is 12.1 Å². The van der Waals surface area contributed by atoms with Crippen LogP contribution in [-0.2, 0) is 25.6 Å². The average molecular weight is 454 g/mol. The summed E-state index contributed by atoms with van der Waals surface area (Å²) in [7, 11) is 0. The molecule has 2 heterocycles. The van der Waals surface area contributed by atoms with E-state index in [9.17, 15) is 18.0 Å². The molecule has 1 aromatic heterocycles. The van der Waals surface area contributed by atoms with Crippen molar-refractivity contribution in [2.45, 2.75) is 25.6 Å². The third-order valence-electron chi connectivity index (χ3n) is 4.76. The number of amides is 1. The van der Waals surface area contributed by atoms with Gasteiger partial charge in [-0.25, -0.2) is 4.98 Å². The number of nitrogens with zero attached hydrogens (tertiary/aromatic N) is 1. The molecule has 0 saturated carbocycles. The van der Waals surface area contributed by atoms with Crippen molar-refractivity contribution in [1.29, 1.82) is 0 Å². The van der Waals surface area contributed by atoms with Crippen molar-refractivity contribution in [1.82, 2.24) is 10.3 Å². The van der Waals surface area contributed by atoms with E-state index in [0.717, 1.165) is 36.5 Å². The lowest BCUT2D eigenvalue weighted by Gasteiger charge is -2.17. The smallest absolute Gasteiger partial charge is 0.312 e. The zero-order chi connectivity index (χ0) is 20.4. The van der Waals surface area contributed by atoms with Gasteiger partial charge < -0.3 is 5.32 Å². The first-order valence-corrected chi connectivity index (χ1v) is 9.95. The minimum Gasteiger partial charge on any atom is -0.312 e. The number of aromatic nitrogens is 1. The number of nitrogens with one attached hydrogen (secondary N) is 2. The summed E-state index contributed by atoms with van der Waals surface area (Å²) in [5, 5.41) is 6.50. The molecule has 0 unspecified atom stereocenters. The van der Waals surface area contributed by atoms with E-state index in [-0.39, 0.29) is 18.3 Å². The molecule has 3 aromatic rings. The lowest BCUT2D eigenvalue weighted by Crippen LogP contribution is -2.24. The van der Waals surface area contributed by atoms with Gasteiger partial charge in [0.25, 0.3) is 5.91 Å². The van der Waals surface area contributed by atoms with E-state index in [4.69, 9.17) is 0 Å². The van der Waals surface area contributed by atoms with Gasteiger partial charge in [-0.3, -0.25) is 10.1 Å². The maximum Gasteiger partial charge on any atom is 0.416 e. The van der Waals surface area contributed by atoms with Gasteiger partial charge in [-0.2, -0.15) is 13.2 Å². The van der Waals surface area contributed by atoms with Crippen LogP contribution >= 0.6 is 23.7 Å². The molecule has 2 aromatic carbocycles. The number of carbonyl (C=O) groups excluding carboxylic acids is 1. The predicted octanol–water partition coefficient (Wildman–Crippen LogP) is 5.07. The maximum atomic E-state index is 12.9. The molecule has 0 saturated heterocycles. The van der Waals surface area contributed by atoms with Crippen LogP contribution < -0.4 is 10.6 Å². The number of hydrogen-bond donors (Lipinski definition) is 2. The van der Waals surface area contributed by atoms with Gasteiger partial charge in [0.2, 0.25) is 0 Å². The number of anilines is 1. The van der Waals surface area contributed by atoms with Crippen molar-refractivity contribution >= 4 is 34.8 Å². The summed E-state index contributed by atoms with van der Waals surface area (Å²) in [5.74, 6) is -0.244. The largest absolute Gasteiger partial charge is 0.416 e. The Balaban J connectivity index is 0.00000256. The number of thiazole rings is 1. The van der Waals surface area contributed by atoms with E-state index in [2.05, 4.69) is 15.6 Å². The van der Waals surface area contributed by atoms with Crippen LogP contribution in [0.2, 0.25) is 0 Å². The predicted molar refractivity (Wildman–Crippen MR) is 113 cm³/mol. The standard InChI is InChI=1S/C21H18F3N3OS.ClH/c22-21(23,24)17-3-1-2-13(8-17)9-18-12-26-20(29-18)27-19(28)15-4-5-16-11-25-7-6-14(16)10-15;/h1-5,8,10,12,25H,6-7,9,11H2,(H,26,27,28);1H. The molecular weight excluding hydrogens is 435 g/mol. The molecule has 1 aliphatic heterocycles. The number of carbonyl (C=O) groups is 1.